The fourth-order valence-electron chi connectivity index (χ4n) is 3.10. The normalized spacial score (nSPS) is 25.5. The van der Waals surface area contributed by atoms with Crippen molar-refractivity contribution < 1.29 is 0 Å². The zero-order chi connectivity index (χ0) is 14.5. The van der Waals surface area contributed by atoms with E-state index >= 15 is 0 Å². The standard InChI is InChI=1S/C19H27N/c1-15(14-20-17(3)11-12-18(20)4)13-19-10-8-6-5-7-9-16(19)2/h5-6,19H,1-4,7-14H2/b6-5+. The highest BCUT2D eigenvalue weighted by molar-refractivity contribution is 5.20. The minimum atomic E-state index is 0.594. The molecule has 0 radical (unpaired) electrons. The Morgan fingerprint density at radius 2 is 1.70 bits per heavy atom. The summed E-state index contributed by atoms with van der Waals surface area (Å²) in [4.78, 5) is 2.24. The molecule has 0 aromatic rings. The molecule has 1 aliphatic carbocycles. The molecule has 2 aliphatic rings. The van der Waals surface area contributed by atoms with E-state index < -0.39 is 0 Å². The first-order chi connectivity index (χ1) is 9.58. The third-order valence-electron chi connectivity index (χ3n) is 4.44. The molecule has 0 spiro atoms. The van der Waals surface area contributed by atoms with Gasteiger partial charge in [-0.3, -0.25) is 0 Å². The SMILES string of the molecule is C=C(CC1CC/C=C/CCC1=C)CN1C(=C)CCC1=C. The van der Waals surface area contributed by atoms with Gasteiger partial charge in [-0.05, 0) is 50.9 Å². The largest absolute Gasteiger partial charge is 0.346 e. The van der Waals surface area contributed by atoms with Gasteiger partial charge in [0.05, 0.1) is 0 Å². The molecule has 1 aliphatic heterocycles. The highest BCUT2D eigenvalue weighted by Gasteiger charge is 2.21. The zero-order valence-electron chi connectivity index (χ0n) is 12.7. The maximum atomic E-state index is 4.29. The maximum absolute atomic E-state index is 4.29. The van der Waals surface area contributed by atoms with Crippen molar-refractivity contribution >= 4 is 0 Å². The van der Waals surface area contributed by atoms with E-state index in [1.165, 1.54) is 35.4 Å². The summed E-state index contributed by atoms with van der Waals surface area (Å²) in [6, 6.07) is 0. The van der Waals surface area contributed by atoms with Crippen molar-refractivity contribution in [3.8, 4) is 0 Å². The maximum Gasteiger partial charge on any atom is 0.0432 e. The number of nitrogens with zero attached hydrogens (tertiary/aromatic N) is 1. The molecule has 0 saturated carbocycles. The van der Waals surface area contributed by atoms with Crippen molar-refractivity contribution in [3.05, 3.63) is 61.0 Å². The third kappa shape index (κ3) is 3.75. The van der Waals surface area contributed by atoms with Gasteiger partial charge in [0.25, 0.3) is 0 Å². The zero-order valence-corrected chi connectivity index (χ0v) is 12.7. The lowest BCUT2D eigenvalue weighted by atomic mass is 9.85. The minimum absolute atomic E-state index is 0.594. The van der Waals surface area contributed by atoms with Crippen LogP contribution in [0.15, 0.2) is 61.0 Å². The Labute approximate surface area is 124 Å². The molecule has 1 heteroatoms. The van der Waals surface area contributed by atoms with Crippen LogP contribution in [0.1, 0.15) is 44.9 Å². The van der Waals surface area contributed by atoms with Crippen LogP contribution in [0.2, 0.25) is 0 Å². The lowest BCUT2D eigenvalue weighted by molar-refractivity contribution is 0.464. The second kappa shape index (κ2) is 6.78. The average molecular weight is 269 g/mol. The van der Waals surface area contributed by atoms with Gasteiger partial charge in [0, 0.05) is 17.9 Å². The number of hydrogen-bond acceptors (Lipinski definition) is 1. The van der Waals surface area contributed by atoms with E-state index in [4.69, 9.17) is 0 Å². The van der Waals surface area contributed by atoms with Gasteiger partial charge in [0.1, 0.15) is 0 Å². The number of hydrogen-bond donors (Lipinski definition) is 0. The van der Waals surface area contributed by atoms with E-state index in [0.29, 0.717) is 5.92 Å². The fraction of sp³-hybridized carbons (Fsp3) is 0.474. The van der Waals surface area contributed by atoms with Gasteiger partial charge < -0.3 is 4.90 Å². The first-order valence-electron chi connectivity index (χ1n) is 7.70. The molecule has 1 saturated heterocycles. The smallest absolute Gasteiger partial charge is 0.0432 e. The van der Waals surface area contributed by atoms with E-state index in [9.17, 15) is 0 Å². The van der Waals surface area contributed by atoms with Crippen LogP contribution in [0.25, 0.3) is 0 Å². The summed E-state index contributed by atoms with van der Waals surface area (Å²) in [7, 11) is 0. The van der Waals surface area contributed by atoms with Gasteiger partial charge >= 0.3 is 0 Å². The van der Waals surface area contributed by atoms with Crippen LogP contribution >= 0.6 is 0 Å². The molecule has 0 amide bonds. The Kier molecular flexibility index (Phi) is 5.05. The summed E-state index contributed by atoms with van der Waals surface area (Å²) < 4.78 is 0. The molecule has 2 rings (SSSR count). The molecule has 1 atom stereocenters. The molecular formula is C19H27N. The molecule has 0 N–H and O–H groups in total. The van der Waals surface area contributed by atoms with E-state index in [1.54, 1.807) is 0 Å². The molecule has 1 heterocycles. The van der Waals surface area contributed by atoms with Crippen LogP contribution in [0, 0.1) is 5.92 Å². The summed E-state index contributed by atoms with van der Waals surface area (Å²) >= 11 is 0. The fourth-order valence-corrected chi connectivity index (χ4v) is 3.10. The molecule has 1 unspecified atom stereocenters. The monoisotopic (exact) mass is 269 g/mol. The Morgan fingerprint density at radius 1 is 1.05 bits per heavy atom. The Morgan fingerprint density at radius 3 is 2.40 bits per heavy atom. The molecule has 1 fully saturated rings. The first kappa shape index (κ1) is 14.9. The first-order valence-corrected chi connectivity index (χ1v) is 7.70. The van der Waals surface area contributed by atoms with Gasteiger partial charge in [-0.25, -0.2) is 0 Å². The highest BCUT2D eigenvalue weighted by Crippen LogP contribution is 2.32. The number of rotatable bonds is 4. The Hall–Kier alpha value is -1.50. The lowest BCUT2D eigenvalue weighted by Crippen LogP contribution is -2.19. The van der Waals surface area contributed by atoms with Crippen LogP contribution in [0.3, 0.4) is 0 Å². The minimum Gasteiger partial charge on any atom is -0.346 e. The van der Waals surface area contributed by atoms with Crippen LogP contribution in [0.5, 0.6) is 0 Å². The summed E-state index contributed by atoms with van der Waals surface area (Å²) in [5.41, 5.74) is 5.06. The van der Waals surface area contributed by atoms with Crippen LogP contribution in [-0.2, 0) is 0 Å². The van der Waals surface area contributed by atoms with Crippen molar-refractivity contribution in [2.45, 2.75) is 44.9 Å². The van der Waals surface area contributed by atoms with Crippen molar-refractivity contribution in [1.29, 1.82) is 0 Å². The summed E-state index contributed by atoms with van der Waals surface area (Å²) in [5, 5.41) is 0. The molecule has 0 aromatic carbocycles. The molecular weight excluding hydrogens is 242 g/mol. The van der Waals surface area contributed by atoms with Gasteiger partial charge in [-0.1, -0.05) is 49.6 Å². The van der Waals surface area contributed by atoms with Crippen molar-refractivity contribution in [2.24, 2.45) is 5.92 Å². The summed E-state index contributed by atoms with van der Waals surface area (Å²) in [6.45, 7) is 17.7. The molecule has 20 heavy (non-hydrogen) atoms. The van der Waals surface area contributed by atoms with Crippen LogP contribution in [-0.4, -0.2) is 11.4 Å². The van der Waals surface area contributed by atoms with E-state index in [2.05, 4.69) is 43.4 Å². The molecule has 1 nitrogen and oxygen atoms in total. The summed E-state index contributed by atoms with van der Waals surface area (Å²) in [5.74, 6) is 0.594. The second-order valence-corrected chi connectivity index (χ2v) is 6.12. The predicted molar refractivity (Wildman–Crippen MR) is 88.2 cm³/mol. The average Bonchev–Trinajstić information content (AvgIpc) is 2.70. The van der Waals surface area contributed by atoms with Gasteiger partial charge in [0.2, 0.25) is 0 Å². The summed E-state index contributed by atoms with van der Waals surface area (Å²) in [6.07, 6.45) is 12.4. The van der Waals surface area contributed by atoms with Crippen LogP contribution in [0.4, 0.5) is 0 Å². The molecule has 0 bridgehead atoms. The lowest BCUT2D eigenvalue weighted by Gasteiger charge is -2.26. The van der Waals surface area contributed by atoms with Crippen molar-refractivity contribution in [2.75, 3.05) is 6.54 Å². The van der Waals surface area contributed by atoms with Gasteiger partial charge in [0.15, 0.2) is 0 Å². The predicted octanol–water partition coefficient (Wildman–Crippen LogP) is 5.36. The third-order valence-corrected chi connectivity index (χ3v) is 4.44. The van der Waals surface area contributed by atoms with Gasteiger partial charge in [-0.15, -0.1) is 0 Å². The van der Waals surface area contributed by atoms with E-state index in [0.717, 1.165) is 38.6 Å². The van der Waals surface area contributed by atoms with E-state index in [1.807, 2.05) is 0 Å². The molecule has 108 valence electrons. The number of allylic oxidation sites excluding steroid dienone is 5. The number of likely N-dealkylation sites (tertiary alicyclic amines) is 1. The highest BCUT2D eigenvalue weighted by atomic mass is 15.2. The topological polar surface area (TPSA) is 3.24 Å². The van der Waals surface area contributed by atoms with Crippen LogP contribution < -0.4 is 0 Å². The quantitative estimate of drug-likeness (QED) is 0.621. The molecule has 0 aromatic heterocycles. The second-order valence-electron chi connectivity index (χ2n) is 6.12. The van der Waals surface area contributed by atoms with E-state index in [-0.39, 0.29) is 0 Å². The van der Waals surface area contributed by atoms with Crippen molar-refractivity contribution in [1.82, 2.24) is 4.90 Å². The Balaban J connectivity index is 1.89. The van der Waals surface area contributed by atoms with Gasteiger partial charge in [-0.2, -0.15) is 0 Å². The Bertz CT molecular complexity index is 436. The van der Waals surface area contributed by atoms with Crippen molar-refractivity contribution in [3.63, 3.8) is 0 Å².